The van der Waals surface area contributed by atoms with Gasteiger partial charge in [0.05, 0.1) is 11.4 Å². The zero-order valence-corrected chi connectivity index (χ0v) is 8.49. The van der Waals surface area contributed by atoms with E-state index in [0.29, 0.717) is 17.1 Å². The standard InChI is InChI=1S/C9H8N4OS/c10-6-3-1-2-4-7(6)11-9(14)8-5-15-13-12-8/h1-5H,10H2,(H,11,14). The maximum Gasteiger partial charge on any atom is 0.277 e. The van der Waals surface area contributed by atoms with Crippen molar-refractivity contribution < 1.29 is 4.79 Å². The highest BCUT2D eigenvalue weighted by atomic mass is 32.1. The highest BCUT2D eigenvalue weighted by molar-refractivity contribution is 7.03. The van der Waals surface area contributed by atoms with Crippen LogP contribution >= 0.6 is 11.5 Å². The summed E-state index contributed by atoms with van der Waals surface area (Å²) in [5.74, 6) is -0.304. The first-order valence-electron chi connectivity index (χ1n) is 4.20. The molecule has 1 amide bonds. The van der Waals surface area contributed by atoms with Crippen molar-refractivity contribution in [2.45, 2.75) is 0 Å². The molecule has 6 heteroatoms. The molecular formula is C9H8N4OS. The Labute approximate surface area is 90.1 Å². The molecular weight excluding hydrogens is 212 g/mol. The van der Waals surface area contributed by atoms with Gasteiger partial charge in [-0.3, -0.25) is 4.79 Å². The molecule has 0 unspecified atom stereocenters. The molecule has 15 heavy (non-hydrogen) atoms. The highest BCUT2D eigenvalue weighted by Gasteiger charge is 2.09. The lowest BCUT2D eigenvalue weighted by Gasteiger charge is -2.05. The summed E-state index contributed by atoms with van der Waals surface area (Å²) in [7, 11) is 0. The van der Waals surface area contributed by atoms with Gasteiger partial charge in [0.25, 0.3) is 5.91 Å². The van der Waals surface area contributed by atoms with E-state index in [1.165, 1.54) is 0 Å². The van der Waals surface area contributed by atoms with Crippen molar-refractivity contribution in [2.75, 3.05) is 11.1 Å². The SMILES string of the molecule is Nc1ccccc1NC(=O)c1csnn1. The molecule has 2 rings (SSSR count). The molecule has 0 saturated carbocycles. The van der Waals surface area contributed by atoms with Crippen LogP contribution < -0.4 is 11.1 Å². The molecule has 1 aromatic carbocycles. The third kappa shape index (κ3) is 2.10. The zero-order chi connectivity index (χ0) is 10.7. The average molecular weight is 220 g/mol. The first kappa shape index (κ1) is 9.60. The van der Waals surface area contributed by atoms with Crippen LogP contribution in [0.3, 0.4) is 0 Å². The fraction of sp³-hybridized carbons (Fsp3) is 0. The van der Waals surface area contributed by atoms with Crippen LogP contribution in [0.2, 0.25) is 0 Å². The van der Waals surface area contributed by atoms with Crippen molar-refractivity contribution in [1.82, 2.24) is 9.59 Å². The number of aromatic nitrogens is 2. The second-order valence-corrected chi connectivity index (χ2v) is 3.44. The fourth-order valence-corrected chi connectivity index (χ4v) is 1.50. The molecule has 0 saturated heterocycles. The van der Waals surface area contributed by atoms with Gasteiger partial charge >= 0.3 is 0 Å². The second-order valence-electron chi connectivity index (χ2n) is 2.83. The lowest BCUT2D eigenvalue weighted by atomic mass is 10.2. The Morgan fingerprint density at radius 1 is 1.40 bits per heavy atom. The predicted molar refractivity (Wildman–Crippen MR) is 58.7 cm³/mol. The van der Waals surface area contributed by atoms with Crippen LogP contribution in [0.15, 0.2) is 29.6 Å². The van der Waals surface area contributed by atoms with E-state index < -0.39 is 0 Å². The van der Waals surface area contributed by atoms with Crippen molar-refractivity contribution in [3.63, 3.8) is 0 Å². The lowest BCUT2D eigenvalue weighted by molar-refractivity contribution is 0.102. The molecule has 5 nitrogen and oxygen atoms in total. The van der Waals surface area contributed by atoms with E-state index in [-0.39, 0.29) is 5.91 Å². The molecule has 2 aromatic rings. The summed E-state index contributed by atoms with van der Waals surface area (Å²) >= 11 is 1.13. The van der Waals surface area contributed by atoms with Gasteiger partial charge in [-0.15, -0.1) is 5.10 Å². The van der Waals surface area contributed by atoms with Crippen molar-refractivity contribution in [2.24, 2.45) is 0 Å². The van der Waals surface area contributed by atoms with Gasteiger partial charge < -0.3 is 11.1 Å². The summed E-state index contributed by atoms with van der Waals surface area (Å²) < 4.78 is 3.61. The zero-order valence-electron chi connectivity index (χ0n) is 7.68. The number of amides is 1. The summed E-state index contributed by atoms with van der Waals surface area (Å²) in [5.41, 5.74) is 7.07. The largest absolute Gasteiger partial charge is 0.397 e. The maximum atomic E-state index is 11.6. The number of anilines is 2. The molecule has 0 radical (unpaired) electrons. The Hall–Kier alpha value is -1.95. The Bertz CT molecular complexity index is 469. The van der Waals surface area contributed by atoms with Crippen molar-refractivity contribution in [3.05, 3.63) is 35.3 Å². The third-order valence-electron chi connectivity index (χ3n) is 1.80. The van der Waals surface area contributed by atoms with E-state index in [9.17, 15) is 4.79 Å². The summed E-state index contributed by atoms with van der Waals surface area (Å²) in [4.78, 5) is 11.6. The van der Waals surface area contributed by atoms with Crippen LogP contribution in [-0.4, -0.2) is 15.5 Å². The highest BCUT2D eigenvalue weighted by Crippen LogP contribution is 2.17. The van der Waals surface area contributed by atoms with E-state index >= 15 is 0 Å². The minimum atomic E-state index is -0.304. The topological polar surface area (TPSA) is 80.9 Å². The first-order valence-corrected chi connectivity index (χ1v) is 5.04. The average Bonchev–Trinajstić information content (AvgIpc) is 2.74. The van der Waals surface area contributed by atoms with E-state index in [2.05, 4.69) is 14.9 Å². The Balaban J connectivity index is 2.17. The third-order valence-corrected chi connectivity index (χ3v) is 2.31. The number of carbonyl (C=O) groups excluding carboxylic acids is 1. The molecule has 3 N–H and O–H groups in total. The fourth-order valence-electron chi connectivity index (χ4n) is 1.06. The van der Waals surface area contributed by atoms with Gasteiger partial charge in [-0.2, -0.15) is 0 Å². The number of benzene rings is 1. The Morgan fingerprint density at radius 3 is 2.87 bits per heavy atom. The van der Waals surface area contributed by atoms with Crippen molar-refractivity contribution in [3.8, 4) is 0 Å². The number of para-hydroxylation sites is 2. The number of hydrogen-bond acceptors (Lipinski definition) is 5. The number of nitrogens with one attached hydrogen (secondary N) is 1. The molecule has 0 aliphatic rings. The molecule has 0 atom stereocenters. The van der Waals surface area contributed by atoms with E-state index in [1.54, 1.807) is 29.6 Å². The predicted octanol–water partition coefficient (Wildman–Crippen LogP) is 1.37. The van der Waals surface area contributed by atoms with Crippen LogP contribution in [0, 0.1) is 0 Å². The quantitative estimate of drug-likeness (QED) is 0.749. The molecule has 1 heterocycles. The minimum absolute atomic E-state index is 0.295. The van der Waals surface area contributed by atoms with Crippen LogP contribution in [0.4, 0.5) is 11.4 Å². The summed E-state index contributed by atoms with van der Waals surface area (Å²) in [6.07, 6.45) is 0. The number of nitrogens with two attached hydrogens (primary N) is 1. The summed E-state index contributed by atoms with van der Waals surface area (Å²) in [6, 6.07) is 7.04. The number of nitrogens with zero attached hydrogens (tertiary/aromatic N) is 2. The number of nitrogen functional groups attached to an aromatic ring is 1. The molecule has 0 aliphatic heterocycles. The van der Waals surface area contributed by atoms with Gasteiger partial charge in [0.1, 0.15) is 0 Å². The lowest BCUT2D eigenvalue weighted by Crippen LogP contribution is -2.13. The van der Waals surface area contributed by atoms with Crippen LogP contribution in [0.5, 0.6) is 0 Å². The van der Waals surface area contributed by atoms with Crippen LogP contribution in [-0.2, 0) is 0 Å². The normalized spacial score (nSPS) is 9.87. The molecule has 76 valence electrons. The van der Waals surface area contributed by atoms with Gasteiger partial charge in [0.2, 0.25) is 0 Å². The number of carbonyl (C=O) groups is 1. The summed E-state index contributed by atoms with van der Waals surface area (Å²) in [5, 5.41) is 7.89. The molecule has 1 aromatic heterocycles. The van der Waals surface area contributed by atoms with Crippen molar-refractivity contribution >= 4 is 28.8 Å². The molecule has 0 spiro atoms. The van der Waals surface area contributed by atoms with E-state index in [1.807, 2.05) is 0 Å². The second kappa shape index (κ2) is 4.05. The first-order chi connectivity index (χ1) is 7.27. The Morgan fingerprint density at radius 2 is 2.20 bits per heavy atom. The van der Waals surface area contributed by atoms with Gasteiger partial charge in [-0.25, -0.2) is 0 Å². The van der Waals surface area contributed by atoms with Gasteiger partial charge in [-0.1, -0.05) is 16.6 Å². The minimum Gasteiger partial charge on any atom is -0.397 e. The van der Waals surface area contributed by atoms with Gasteiger partial charge in [0, 0.05) is 5.38 Å². The number of rotatable bonds is 2. The smallest absolute Gasteiger partial charge is 0.277 e. The van der Waals surface area contributed by atoms with Gasteiger partial charge in [-0.05, 0) is 23.7 Å². The monoisotopic (exact) mass is 220 g/mol. The molecule has 0 fully saturated rings. The molecule has 0 aliphatic carbocycles. The van der Waals surface area contributed by atoms with Gasteiger partial charge in [0.15, 0.2) is 5.69 Å². The van der Waals surface area contributed by atoms with E-state index in [0.717, 1.165) is 11.5 Å². The summed E-state index contributed by atoms with van der Waals surface area (Å²) in [6.45, 7) is 0. The van der Waals surface area contributed by atoms with Crippen LogP contribution in [0.1, 0.15) is 10.5 Å². The van der Waals surface area contributed by atoms with Crippen molar-refractivity contribution in [1.29, 1.82) is 0 Å². The maximum absolute atomic E-state index is 11.6. The molecule has 0 bridgehead atoms. The number of hydrogen-bond donors (Lipinski definition) is 2. The van der Waals surface area contributed by atoms with Crippen LogP contribution in [0.25, 0.3) is 0 Å². The van der Waals surface area contributed by atoms with E-state index in [4.69, 9.17) is 5.73 Å². The Kier molecular flexibility index (Phi) is 2.59.